The maximum atomic E-state index is 12.3. The Hall–Kier alpha value is -0.920. The van der Waals surface area contributed by atoms with Crippen LogP contribution in [0.2, 0.25) is 0 Å². The molecule has 5 nitrogen and oxygen atoms in total. The van der Waals surface area contributed by atoms with Crippen LogP contribution in [0, 0.1) is 6.92 Å². The third kappa shape index (κ3) is 3.34. The summed E-state index contributed by atoms with van der Waals surface area (Å²) in [4.78, 5) is 11.5. The number of hydrogen-bond acceptors (Lipinski definition) is 4. The third-order valence-electron chi connectivity index (χ3n) is 3.30. The molecule has 2 rings (SSSR count). The Labute approximate surface area is 116 Å². The van der Waals surface area contributed by atoms with Crippen molar-refractivity contribution >= 4 is 27.3 Å². The van der Waals surface area contributed by atoms with Gasteiger partial charge in [0.15, 0.2) is 0 Å². The average Bonchev–Trinajstić information content (AvgIpc) is 2.73. The van der Waals surface area contributed by atoms with Crippen molar-refractivity contribution in [2.45, 2.75) is 50.0 Å². The molecule has 0 amide bonds. The predicted octanol–water partition coefficient (Wildman–Crippen LogP) is 2.37. The highest BCUT2D eigenvalue weighted by Crippen LogP contribution is 2.27. The standard InChI is InChI=1S/C12H17NO4S2/c1-8-11(7-10(18-8)12(14)15)19(16,17)13-9-5-3-2-4-6-9/h7,9,13H,2-6H2,1H3,(H,14,15). The minimum Gasteiger partial charge on any atom is -0.477 e. The van der Waals surface area contributed by atoms with Gasteiger partial charge >= 0.3 is 5.97 Å². The summed E-state index contributed by atoms with van der Waals surface area (Å²) in [6, 6.07) is 1.22. The summed E-state index contributed by atoms with van der Waals surface area (Å²) < 4.78 is 27.2. The number of carboxylic acid groups (broad SMARTS) is 1. The molecule has 2 N–H and O–H groups in total. The first-order chi connectivity index (χ1) is 8.90. The minimum absolute atomic E-state index is 0.0219. The number of carboxylic acids is 1. The molecule has 1 fully saturated rings. The van der Waals surface area contributed by atoms with Gasteiger partial charge in [0.25, 0.3) is 0 Å². The zero-order chi connectivity index (χ0) is 14.0. The molecule has 0 atom stereocenters. The summed E-state index contributed by atoms with van der Waals surface area (Å²) in [5.74, 6) is -1.09. The summed E-state index contributed by atoms with van der Waals surface area (Å²) in [5, 5.41) is 8.90. The van der Waals surface area contributed by atoms with Gasteiger partial charge in [-0.15, -0.1) is 11.3 Å². The second-order valence-electron chi connectivity index (χ2n) is 4.79. The van der Waals surface area contributed by atoms with Crippen molar-refractivity contribution < 1.29 is 18.3 Å². The highest BCUT2D eigenvalue weighted by atomic mass is 32.2. The monoisotopic (exact) mass is 303 g/mol. The lowest BCUT2D eigenvalue weighted by Crippen LogP contribution is -2.36. The molecule has 0 saturated heterocycles. The lowest BCUT2D eigenvalue weighted by Gasteiger charge is -2.22. The summed E-state index contributed by atoms with van der Waals surface area (Å²) in [6.07, 6.45) is 4.94. The smallest absolute Gasteiger partial charge is 0.345 e. The lowest BCUT2D eigenvalue weighted by molar-refractivity contribution is 0.0702. The van der Waals surface area contributed by atoms with E-state index in [1.165, 1.54) is 6.07 Å². The normalized spacial score (nSPS) is 17.5. The minimum atomic E-state index is -3.61. The molecule has 0 radical (unpaired) electrons. The maximum Gasteiger partial charge on any atom is 0.345 e. The van der Waals surface area contributed by atoms with Crippen molar-refractivity contribution in [1.82, 2.24) is 4.72 Å². The van der Waals surface area contributed by atoms with Crippen molar-refractivity contribution in [3.05, 3.63) is 15.8 Å². The molecule has 106 valence electrons. The number of aromatic carboxylic acids is 1. The molecule has 0 spiro atoms. The average molecular weight is 303 g/mol. The van der Waals surface area contributed by atoms with Crippen LogP contribution in [0.3, 0.4) is 0 Å². The van der Waals surface area contributed by atoms with Gasteiger partial charge < -0.3 is 5.11 Å². The van der Waals surface area contributed by atoms with E-state index in [-0.39, 0.29) is 15.8 Å². The number of aryl methyl sites for hydroxylation is 1. The van der Waals surface area contributed by atoms with Gasteiger partial charge in [0.1, 0.15) is 4.88 Å². The first-order valence-electron chi connectivity index (χ1n) is 6.26. The molecule has 1 aliphatic carbocycles. The number of rotatable bonds is 4. The summed E-state index contributed by atoms with van der Waals surface area (Å²) in [6.45, 7) is 1.63. The number of carbonyl (C=O) groups is 1. The molecule has 0 aromatic carbocycles. The SMILES string of the molecule is Cc1sc(C(=O)O)cc1S(=O)(=O)NC1CCCCC1. The molecule has 7 heteroatoms. The largest absolute Gasteiger partial charge is 0.477 e. The van der Waals surface area contributed by atoms with Gasteiger partial charge in [0.2, 0.25) is 10.0 Å². The Kier molecular flexibility index (Phi) is 4.27. The molecule has 0 unspecified atom stereocenters. The van der Waals surface area contributed by atoms with Gasteiger partial charge in [-0.05, 0) is 25.8 Å². The van der Waals surface area contributed by atoms with Crippen molar-refractivity contribution in [2.24, 2.45) is 0 Å². The fourth-order valence-electron chi connectivity index (χ4n) is 2.34. The third-order valence-corrected chi connectivity index (χ3v) is 6.11. The van der Waals surface area contributed by atoms with Crippen LogP contribution in [-0.2, 0) is 10.0 Å². The second-order valence-corrected chi connectivity index (χ2v) is 7.73. The Balaban J connectivity index is 2.21. The number of hydrogen-bond donors (Lipinski definition) is 2. The van der Waals surface area contributed by atoms with E-state index in [9.17, 15) is 13.2 Å². The van der Waals surface area contributed by atoms with Crippen molar-refractivity contribution in [3.8, 4) is 0 Å². The molecule has 1 aliphatic rings. The molecule has 1 aromatic heterocycles. The Bertz CT molecular complexity index is 571. The summed E-state index contributed by atoms with van der Waals surface area (Å²) in [5.41, 5.74) is 0. The van der Waals surface area contributed by atoms with Crippen LogP contribution < -0.4 is 4.72 Å². The molecule has 1 heterocycles. The van der Waals surface area contributed by atoms with E-state index >= 15 is 0 Å². The molecule has 19 heavy (non-hydrogen) atoms. The van der Waals surface area contributed by atoms with Gasteiger partial charge in [-0.1, -0.05) is 19.3 Å². The zero-order valence-electron chi connectivity index (χ0n) is 10.7. The number of sulfonamides is 1. The van der Waals surface area contributed by atoms with Gasteiger partial charge in [0.05, 0.1) is 4.90 Å². The van der Waals surface area contributed by atoms with Crippen LogP contribution in [0.25, 0.3) is 0 Å². The number of nitrogens with one attached hydrogen (secondary N) is 1. The van der Waals surface area contributed by atoms with Crippen molar-refractivity contribution in [3.63, 3.8) is 0 Å². The lowest BCUT2D eigenvalue weighted by atomic mass is 9.96. The van der Waals surface area contributed by atoms with Gasteiger partial charge in [-0.25, -0.2) is 17.9 Å². The first-order valence-corrected chi connectivity index (χ1v) is 8.56. The highest BCUT2D eigenvalue weighted by Gasteiger charge is 2.25. The molecule has 1 saturated carbocycles. The summed E-state index contributed by atoms with van der Waals surface area (Å²) in [7, 11) is -3.61. The Morgan fingerprint density at radius 2 is 2.00 bits per heavy atom. The van der Waals surface area contributed by atoms with Crippen LogP contribution in [0.1, 0.15) is 46.7 Å². The zero-order valence-corrected chi connectivity index (χ0v) is 12.3. The molecule has 0 bridgehead atoms. The van der Waals surface area contributed by atoms with Gasteiger partial charge in [-0.2, -0.15) is 0 Å². The van der Waals surface area contributed by atoms with E-state index < -0.39 is 16.0 Å². The fraction of sp³-hybridized carbons (Fsp3) is 0.583. The van der Waals surface area contributed by atoms with Crippen LogP contribution >= 0.6 is 11.3 Å². The van der Waals surface area contributed by atoms with E-state index in [0.717, 1.165) is 43.4 Å². The second kappa shape index (κ2) is 5.60. The Morgan fingerprint density at radius 1 is 1.37 bits per heavy atom. The van der Waals surface area contributed by atoms with Crippen LogP contribution in [0.5, 0.6) is 0 Å². The van der Waals surface area contributed by atoms with Crippen molar-refractivity contribution in [1.29, 1.82) is 0 Å². The molecular formula is C12H17NO4S2. The van der Waals surface area contributed by atoms with E-state index in [4.69, 9.17) is 5.11 Å². The predicted molar refractivity (Wildman–Crippen MR) is 73.2 cm³/mol. The van der Waals surface area contributed by atoms with Gasteiger partial charge in [-0.3, -0.25) is 0 Å². The molecule has 1 aromatic rings. The molecule has 0 aliphatic heterocycles. The maximum absolute atomic E-state index is 12.3. The quantitative estimate of drug-likeness (QED) is 0.894. The van der Waals surface area contributed by atoms with E-state index in [0.29, 0.717) is 4.88 Å². The van der Waals surface area contributed by atoms with E-state index in [2.05, 4.69) is 4.72 Å². The van der Waals surface area contributed by atoms with Crippen LogP contribution in [0.15, 0.2) is 11.0 Å². The highest BCUT2D eigenvalue weighted by molar-refractivity contribution is 7.89. The Morgan fingerprint density at radius 3 is 2.53 bits per heavy atom. The van der Waals surface area contributed by atoms with E-state index in [1.807, 2.05) is 0 Å². The first kappa shape index (κ1) is 14.5. The summed E-state index contributed by atoms with van der Waals surface area (Å²) >= 11 is 0.993. The topological polar surface area (TPSA) is 83.5 Å². The van der Waals surface area contributed by atoms with Crippen LogP contribution in [-0.4, -0.2) is 25.5 Å². The molecular weight excluding hydrogens is 286 g/mol. The van der Waals surface area contributed by atoms with E-state index in [1.54, 1.807) is 6.92 Å². The van der Waals surface area contributed by atoms with Crippen LogP contribution in [0.4, 0.5) is 0 Å². The fourth-order valence-corrected chi connectivity index (χ4v) is 5.08. The van der Waals surface area contributed by atoms with Gasteiger partial charge in [0, 0.05) is 10.9 Å². The van der Waals surface area contributed by atoms with Crippen molar-refractivity contribution in [2.75, 3.05) is 0 Å². The number of thiophene rings is 1.